The fourth-order valence-corrected chi connectivity index (χ4v) is 2.91. The number of para-hydroxylation sites is 1. The van der Waals surface area contributed by atoms with E-state index in [1.165, 1.54) is 0 Å². The molecule has 0 amide bonds. The number of likely N-dealkylation sites (N-methyl/N-ethyl adjacent to an activating group) is 1. The summed E-state index contributed by atoms with van der Waals surface area (Å²) in [6, 6.07) is 12.2. The molecule has 1 aromatic heterocycles. The van der Waals surface area contributed by atoms with Crippen LogP contribution in [0.25, 0.3) is 10.9 Å². The Kier molecular flexibility index (Phi) is 4.73. The molecule has 1 aliphatic heterocycles. The predicted octanol–water partition coefficient (Wildman–Crippen LogP) is 1.46. The largest absolute Gasteiger partial charge is 0.480 e. The van der Waals surface area contributed by atoms with Crippen LogP contribution in [-0.2, 0) is 9.53 Å². The molecule has 1 saturated heterocycles. The van der Waals surface area contributed by atoms with Crippen molar-refractivity contribution in [2.45, 2.75) is 6.10 Å². The van der Waals surface area contributed by atoms with Crippen LogP contribution in [0.1, 0.15) is 0 Å². The number of carbonyl (C=O) groups is 1. The minimum absolute atomic E-state index is 0.0126. The highest BCUT2D eigenvalue weighted by Crippen LogP contribution is 2.20. The van der Waals surface area contributed by atoms with E-state index in [-0.39, 0.29) is 12.6 Å². The fraction of sp³-hybridized carbons (Fsp3) is 0.412. The van der Waals surface area contributed by atoms with Gasteiger partial charge in [-0.25, -0.2) is 4.98 Å². The van der Waals surface area contributed by atoms with Crippen LogP contribution >= 0.6 is 0 Å². The molecule has 23 heavy (non-hydrogen) atoms. The lowest BCUT2D eigenvalue weighted by molar-refractivity contribution is -0.138. The van der Waals surface area contributed by atoms with E-state index in [2.05, 4.69) is 17.0 Å². The predicted molar refractivity (Wildman–Crippen MR) is 88.8 cm³/mol. The van der Waals surface area contributed by atoms with Crippen molar-refractivity contribution in [3.8, 4) is 0 Å². The fourth-order valence-electron chi connectivity index (χ4n) is 2.91. The zero-order valence-electron chi connectivity index (χ0n) is 13.2. The van der Waals surface area contributed by atoms with Crippen molar-refractivity contribution >= 4 is 22.7 Å². The Bertz CT molecular complexity index is 692. The second-order valence-corrected chi connectivity index (χ2v) is 5.89. The molecule has 122 valence electrons. The molecular weight excluding hydrogens is 294 g/mol. The first-order chi connectivity index (χ1) is 11.1. The van der Waals surface area contributed by atoms with Crippen LogP contribution in [-0.4, -0.2) is 66.9 Å². The summed E-state index contributed by atoms with van der Waals surface area (Å²) in [5, 5.41) is 9.97. The summed E-state index contributed by atoms with van der Waals surface area (Å²) in [6.07, 6.45) is -0.0126. The number of benzene rings is 1. The van der Waals surface area contributed by atoms with E-state index in [0.29, 0.717) is 13.2 Å². The molecule has 6 nitrogen and oxygen atoms in total. The summed E-state index contributed by atoms with van der Waals surface area (Å²) in [5.74, 6) is 0.120. The highest BCUT2D eigenvalue weighted by molar-refractivity contribution is 5.80. The number of hydrogen-bond acceptors (Lipinski definition) is 5. The third-order valence-electron chi connectivity index (χ3n) is 3.97. The third-order valence-corrected chi connectivity index (χ3v) is 3.97. The van der Waals surface area contributed by atoms with E-state index in [1.807, 2.05) is 24.3 Å². The smallest absolute Gasteiger partial charge is 0.317 e. The number of aliphatic carboxylic acids is 1. The average molecular weight is 315 g/mol. The van der Waals surface area contributed by atoms with Gasteiger partial charge in [0.25, 0.3) is 0 Å². The first-order valence-electron chi connectivity index (χ1n) is 7.74. The Morgan fingerprint density at radius 3 is 3.04 bits per heavy atom. The standard InChI is InChI=1S/C17H21N3O3/c1-19(12-17(21)22)10-14-11-20(8-9-23-14)16-7-6-13-4-2-3-5-15(13)18-16/h2-7,14H,8-12H2,1H3,(H,21,22). The SMILES string of the molecule is CN(CC(=O)O)CC1CN(c2ccc3ccccc3n2)CCO1. The molecule has 1 aliphatic rings. The maximum atomic E-state index is 10.8. The van der Waals surface area contributed by atoms with Crippen molar-refractivity contribution in [3.05, 3.63) is 36.4 Å². The van der Waals surface area contributed by atoms with E-state index in [4.69, 9.17) is 14.8 Å². The highest BCUT2D eigenvalue weighted by Gasteiger charge is 2.23. The number of carboxylic acid groups (broad SMARTS) is 1. The van der Waals surface area contributed by atoms with Crippen molar-refractivity contribution in [2.75, 3.05) is 44.7 Å². The van der Waals surface area contributed by atoms with Crippen molar-refractivity contribution in [1.82, 2.24) is 9.88 Å². The molecule has 0 spiro atoms. The Labute approximate surface area is 135 Å². The lowest BCUT2D eigenvalue weighted by Crippen LogP contribution is -2.48. The lowest BCUT2D eigenvalue weighted by Gasteiger charge is -2.35. The van der Waals surface area contributed by atoms with Crippen molar-refractivity contribution < 1.29 is 14.6 Å². The molecule has 2 aromatic rings. The Hall–Kier alpha value is -2.18. The summed E-state index contributed by atoms with van der Waals surface area (Å²) in [6.45, 7) is 2.75. The van der Waals surface area contributed by atoms with E-state index in [9.17, 15) is 4.79 Å². The van der Waals surface area contributed by atoms with Gasteiger partial charge in [0, 0.05) is 25.0 Å². The van der Waals surface area contributed by atoms with Gasteiger partial charge < -0.3 is 14.7 Å². The maximum absolute atomic E-state index is 10.8. The monoisotopic (exact) mass is 315 g/mol. The number of morpholine rings is 1. The lowest BCUT2D eigenvalue weighted by atomic mass is 10.2. The maximum Gasteiger partial charge on any atom is 0.317 e. The molecule has 1 unspecified atom stereocenters. The topological polar surface area (TPSA) is 65.9 Å². The van der Waals surface area contributed by atoms with Crippen LogP contribution in [0.2, 0.25) is 0 Å². The molecule has 0 radical (unpaired) electrons. The number of anilines is 1. The van der Waals surface area contributed by atoms with Crippen molar-refractivity contribution in [3.63, 3.8) is 0 Å². The molecule has 3 rings (SSSR count). The molecule has 1 atom stereocenters. The molecule has 2 heterocycles. The zero-order chi connectivity index (χ0) is 16.2. The number of nitrogens with zero attached hydrogens (tertiary/aromatic N) is 3. The van der Waals surface area contributed by atoms with Gasteiger partial charge in [0.1, 0.15) is 5.82 Å². The average Bonchev–Trinajstić information content (AvgIpc) is 2.54. The van der Waals surface area contributed by atoms with Crippen molar-refractivity contribution in [1.29, 1.82) is 0 Å². The highest BCUT2D eigenvalue weighted by atomic mass is 16.5. The van der Waals surface area contributed by atoms with Crippen LogP contribution in [0, 0.1) is 0 Å². The van der Waals surface area contributed by atoms with Gasteiger partial charge in [-0.05, 0) is 25.2 Å². The number of carboxylic acids is 1. The normalized spacial score (nSPS) is 18.5. The van der Waals surface area contributed by atoms with Crippen LogP contribution in [0.3, 0.4) is 0 Å². The van der Waals surface area contributed by atoms with Crippen molar-refractivity contribution in [2.24, 2.45) is 0 Å². The minimum atomic E-state index is -0.823. The van der Waals surface area contributed by atoms with Gasteiger partial charge in [0.05, 0.1) is 24.8 Å². The summed E-state index contributed by atoms with van der Waals surface area (Å²) in [7, 11) is 1.80. The van der Waals surface area contributed by atoms with Gasteiger partial charge >= 0.3 is 5.97 Å². The summed E-state index contributed by atoms with van der Waals surface area (Å²) >= 11 is 0. The minimum Gasteiger partial charge on any atom is -0.480 e. The molecule has 0 bridgehead atoms. The summed E-state index contributed by atoms with van der Waals surface area (Å²) < 4.78 is 5.77. The number of hydrogen-bond donors (Lipinski definition) is 1. The van der Waals surface area contributed by atoms with Gasteiger partial charge in [-0.3, -0.25) is 9.69 Å². The van der Waals surface area contributed by atoms with Crippen LogP contribution in [0.4, 0.5) is 5.82 Å². The molecular formula is C17H21N3O3. The van der Waals surface area contributed by atoms with Crippen LogP contribution in [0.5, 0.6) is 0 Å². The Morgan fingerprint density at radius 1 is 1.39 bits per heavy atom. The molecule has 0 saturated carbocycles. The zero-order valence-corrected chi connectivity index (χ0v) is 13.2. The number of pyridine rings is 1. The third kappa shape index (κ3) is 3.97. The number of fused-ring (bicyclic) bond motifs is 1. The van der Waals surface area contributed by atoms with E-state index in [0.717, 1.165) is 29.8 Å². The molecule has 1 N–H and O–H groups in total. The molecule has 1 aromatic carbocycles. The van der Waals surface area contributed by atoms with Crippen LogP contribution < -0.4 is 4.90 Å². The van der Waals surface area contributed by atoms with E-state index < -0.39 is 5.97 Å². The molecule has 0 aliphatic carbocycles. The van der Waals surface area contributed by atoms with Crippen LogP contribution in [0.15, 0.2) is 36.4 Å². The van der Waals surface area contributed by atoms with E-state index in [1.54, 1.807) is 11.9 Å². The first-order valence-corrected chi connectivity index (χ1v) is 7.74. The Morgan fingerprint density at radius 2 is 2.22 bits per heavy atom. The number of ether oxygens (including phenoxy) is 1. The second kappa shape index (κ2) is 6.93. The van der Waals surface area contributed by atoms with E-state index >= 15 is 0 Å². The van der Waals surface area contributed by atoms with Gasteiger partial charge in [0.2, 0.25) is 0 Å². The van der Waals surface area contributed by atoms with Gasteiger partial charge in [-0.1, -0.05) is 18.2 Å². The summed E-state index contributed by atoms with van der Waals surface area (Å²) in [4.78, 5) is 19.5. The number of rotatable bonds is 5. The number of aromatic nitrogens is 1. The quantitative estimate of drug-likeness (QED) is 0.901. The van der Waals surface area contributed by atoms with Gasteiger partial charge in [-0.2, -0.15) is 0 Å². The first kappa shape index (κ1) is 15.7. The Balaban J connectivity index is 1.68. The molecule has 6 heteroatoms. The molecule has 1 fully saturated rings. The van der Waals surface area contributed by atoms with Gasteiger partial charge in [0.15, 0.2) is 0 Å². The second-order valence-electron chi connectivity index (χ2n) is 5.89. The van der Waals surface area contributed by atoms with Gasteiger partial charge in [-0.15, -0.1) is 0 Å². The summed E-state index contributed by atoms with van der Waals surface area (Å²) in [5.41, 5.74) is 0.982.